The summed E-state index contributed by atoms with van der Waals surface area (Å²) in [4.78, 5) is 9.22. The molecule has 0 heterocycles. The van der Waals surface area contributed by atoms with E-state index in [9.17, 15) is 4.79 Å². The van der Waals surface area contributed by atoms with Crippen molar-refractivity contribution in [3.05, 3.63) is 12.8 Å². The average molecular weight is 166 g/mol. The van der Waals surface area contributed by atoms with Gasteiger partial charge in [0.15, 0.2) is 0 Å². The van der Waals surface area contributed by atoms with Crippen LogP contribution >= 0.6 is 0 Å². The Balaban J connectivity index is -0.0000000267. The molecular weight excluding hydrogens is 161 g/mol. The van der Waals surface area contributed by atoms with Gasteiger partial charge in [0, 0.05) is 0 Å². The molecule has 0 aromatic carbocycles. The second-order valence-electron chi connectivity index (χ2n) is 0.489. The van der Waals surface area contributed by atoms with Gasteiger partial charge in [-0.25, -0.2) is 0 Å². The van der Waals surface area contributed by atoms with Crippen molar-refractivity contribution in [2.45, 2.75) is 0 Å². The molecule has 0 aromatic heterocycles. The van der Waals surface area contributed by atoms with Crippen LogP contribution < -0.4 is 30.1 Å². The second-order valence-corrected chi connectivity index (χ2v) is 0.489. The van der Waals surface area contributed by atoms with Gasteiger partial charge in [0.1, 0.15) is 0 Å². The fraction of sp³-hybridized carbons (Fsp3) is 0. The van der Waals surface area contributed by atoms with Crippen molar-refractivity contribution in [1.82, 2.24) is 5.32 Å². The van der Waals surface area contributed by atoms with Crippen molar-refractivity contribution in [2.75, 3.05) is 0 Å². The Hall–Kier alpha value is 0.556. The summed E-state index contributed by atoms with van der Waals surface area (Å²) in [7, 11) is 0. The summed E-state index contributed by atoms with van der Waals surface area (Å²) in [5, 5.41) is 2.19. The minimum Gasteiger partial charge on any atom is -1.00 e. The Morgan fingerprint density at radius 1 is 1.38 bits per heavy atom. The van der Waals surface area contributed by atoms with Crippen LogP contribution in [0.15, 0.2) is 12.8 Å². The molecule has 1 N–H and O–H groups in total. The van der Waals surface area contributed by atoms with Gasteiger partial charge in [0.05, 0.1) is 0 Å². The first-order valence-corrected chi connectivity index (χ1v) is 1.22. The first-order valence-electron chi connectivity index (χ1n) is 1.22. The molecule has 0 saturated heterocycles. The molecule has 0 aromatic rings. The minimum absolute atomic E-state index is 0. The molecular formula is C3H5Cl2MgNO. The molecule has 0 aliphatic heterocycles. The van der Waals surface area contributed by atoms with E-state index in [4.69, 9.17) is 0 Å². The number of amides is 1. The summed E-state index contributed by atoms with van der Waals surface area (Å²) in [6, 6.07) is 0. The molecule has 2 nitrogen and oxygen atoms in total. The van der Waals surface area contributed by atoms with Gasteiger partial charge in [-0.1, -0.05) is 6.58 Å². The van der Waals surface area contributed by atoms with E-state index >= 15 is 0 Å². The SMILES string of the molecule is C=CNC=O.[Cl-].[Cl-].[Mg+2]. The van der Waals surface area contributed by atoms with Crippen LogP contribution in [0.1, 0.15) is 0 Å². The summed E-state index contributed by atoms with van der Waals surface area (Å²) in [6.07, 6.45) is 1.88. The normalized spacial score (nSPS) is 3.50. The van der Waals surface area contributed by atoms with Gasteiger partial charge in [-0.05, 0) is 6.20 Å². The van der Waals surface area contributed by atoms with Gasteiger partial charge in [-0.3, -0.25) is 4.79 Å². The second kappa shape index (κ2) is 25.7. The Kier molecular flexibility index (Phi) is 75.5. The van der Waals surface area contributed by atoms with Crippen molar-refractivity contribution < 1.29 is 29.6 Å². The number of rotatable bonds is 2. The molecule has 0 rings (SSSR count). The van der Waals surface area contributed by atoms with E-state index in [0.717, 1.165) is 0 Å². The van der Waals surface area contributed by atoms with Crippen LogP contribution in [-0.4, -0.2) is 29.5 Å². The fourth-order valence-electron chi connectivity index (χ4n) is 0.0481. The van der Waals surface area contributed by atoms with Gasteiger partial charge >= 0.3 is 23.1 Å². The number of nitrogens with one attached hydrogen (secondary N) is 1. The van der Waals surface area contributed by atoms with Crippen molar-refractivity contribution in [2.24, 2.45) is 0 Å². The van der Waals surface area contributed by atoms with Gasteiger partial charge < -0.3 is 30.1 Å². The molecule has 0 unspecified atom stereocenters. The molecule has 0 bridgehead atoms. The smallest absolute Gasteiger partial charge is 1.00 e. The Labute approximate surface area is 77.1 Å². The molecule has 44 valence electrons. The molecule has 0 aliphatic carbocycles. The van der Waals surface area contributed by atoms with Crippen molar-refractivity contribution in [3.63, 3.8) is 0 Å². The van der Waals surface area contributed by atoms with Gasteiger partial charge in [-0.15, -0.1) is 0 Å². The molecule has 0 fully saturated rings. The topological polar surface area (TPSA) is 29.1 Å². The number of hydrogen-bond donors (Lipinski definition) is 1. The molecule has 0 radical (unpaired) electrons. The van der Waals surface area contributed by atoms with Crippen LogP contribution in [0.25, 0.3) is 0 Å². The Morgan fingerprint density at radius 2 is 1.75 bits per heavy atom. The molecule has 0 spiro atoms. The molecule has 0 aliphatic rings. The Morgan fingerprint density at radius 3 is 1.75 bits per heavy atom. The molecule has 5 heteroatoms. The van der Waals surface area contributed by atoms with E-state index in [0.29, 0.717) is 6.41 Å². The fourth-order valence-corrected chi connectivity index (χ4v) is 0.0481. The van der Waals surface area contributed by atoms with E-state index < -0.39 is 0 Å². The van der Waals surface area contributed by atoms with E-state index in [1.807, 2.05) is 0 Å². The predicted molar refractivity (Wildman–Crippen MR) is 25.2 cm³/mol. The van der Waals surface area contributed by atoms with E-state index in [2.05, 4.69) is 11.9 Å². The van der Waals surface area contributed by atoms with Gasteiger partial charge in [0.25, 0.3) is 0 Å². The molecule has 0 atom stereocenters. The van der Waals surface area contributed by atoms with Crippen LogP contribution in [-0.2, 0) is 4.79 Å². The third-order valence-corrected chi connectivity index (χ3v) is 0.186. The maximum atomic E-state index is 9.22. The van der Waals surface area contributed by atoms with Crippen LogP contribution in [0.4, 0.5) is 0 Å². The quantitative estimate of drug-likeness (QED) is 0.321. The van der Waals surface area contributed by atoms with Crippen LogP contribution in [0, 0.1) is 0 Å². The third-order valence-electron chi connectivity index (χ3n) is 0.186. The maximum Gasteiger partial charge on any atom is 2.00 e. The van der Waals surface area contributed by atoms with E-state index in [1.165, 1.54) is 6.20 Å². The zero-order valence-electron chi connectivity index (χ0n) is 4.23. The summed E-state index contributed by atoms with van der Waals surface area (Å²) in [5.41, 5.74) is 0. The minimum atomic E-state index is 0. The number of hydrogen-bond acceptors (Lipinski definition) is 1. The predicted octanol–water partition coefficient (Wildman–Crippen LogP) is -6.50. The molecule has 0 saturated carbocycles. The summed E-state index contributed by atoms with van der Waals surface area (Å²) in [5.74, 6) is 0. The summed E-state index contributed by atoms with van der Waals surface area (Å²) < 4.78 is 0. The monoisotopic (exact) mass is 165 g/mol. The molecule has 8 heavy (non-hydrogen) atoms. The van der Waals surface area contributed by atoms with Crippen molar-refractivity contribution >= 4 is 29.5 Å². The van der Waals surface area contributed by atoms with E-state index in [-0.39, 0.29) is 47.9 Å². The Bertz CT molecular complexity index is 46.5. The van der Waals surface area contributed by atoms with E-state index in [1.54, 1.807) is 0 Å². The first kappa shape index (κ1) is 23.5. The third kappa shape index (κ3) is 31.0. The number of carbonyl (C=O) groups is 1. The van der Waals surface area contributed by atoms with Crippen molar-refractivity contribution in [3.8, 4) is 0 Å². The first-order chi connectivity index (χ1) is 2.41. The molecule has 1 amide bonds. The van der Waals surface area contributed by atoms with Crippen LogP contribution in [0.3, 0.4) is 0 Å². The van der Waals surface area contributed by atoms with Crippen LogP contribution in [0.5, 0.6) is 0 Å². The van der Waals surface area contributed by atoms with Gasteiger partial charge in [-0.2, -0.15) is 0 Å². The summed E-state index contributed by atoms with van der Waals surface area (Å²) >= 11 is 0. The van der Waals surface area contributed by atoms with Crippen LogP contribution in [0.2, 0.25) is 0 Å². The zero-order chi connectivity index (χ0) is 4.12. The summed E-state index contributed by atoms with van der Waals surface area (Å²) in [6.45, 7) is 3.21. The number of carbonyl (C=O) groups excluding carboxylic acids is 1. The zero-order valence-corrected chi connectivity index (χ0v) is 7.16. The maximum absolute atomic E-state index is 9.22. The average Bonchev–Trinajstić information content (AvgIpc) is 1.41. The van der Waals surface area contributed by atoms with Crippen molar-refractivity contribution in [1.29, 1.82) is 0 Å². The largest absolute Gasteiger partial charge is 2.00 e. The number of halogens is 2. The van der Waals surface area contributed by atoms with Gasteiger partial charge in [0.2, 0.25) is 6.41 Å². The standard InChI is InChI=1S/C3H5NO.2ClH.Mg/c1-2-4-3-5;;;/h2-3H,1H2,(H,4,5);2*1H;/q;;;+2/p-2.